The maximum atomic E-state index is 11.5. The standard InChI is InChI=1S/C10H13NO2S/c1-3-5-7-9(8(12)6-4-2)14-10(13)11-7/h4,6H,3,5H2,1-2H3,(H,11,13)/b6-4+. The molecule has 1 aromatic rings. The van der Waals surface area contributed by atoms with E-state index in [9.17, 15) is 9.59 Å². The van der Waals surface area contributed by atoms with E-state index in [4.69, 9.17) is 0 Å². The number of carbonyl (C=O) groups excluding carboxylic acids is 1. The number of rotatable bonds is 4. The van der Waals surface area contributed by atoms with Crippen molar-refractivity contribution < 1.29 is 4.79 Å². The summed E-state index contributed by atoms with van der Waals surface area (Å²) in [6.07, 6.45) is 4.83. The lowest BCUT2D eigenvalue weighted by Gasteiger charge is -1.95. The van der Waals surface area contributed by atoms with Gasteiger partial charge in [0.25, 0.3) is 0 Å². The summed E-state index contributed by atoms with van der Waals surface area (Å²) in [6.45, 7) is 3.80. The van der Waals surface area contributed by atoms with Gasteiger partial charge in [0.05, 0.1) is 4.88 Å². The van der Waals surface area contributed by atoms with E-state index >= 15 is 0 Å². The van der Waals surface area contributed by atoms with Crippen LogP contribution in [0.25, 0.3) is 0 Å². The number of hydrogen-bond donors (Lipinski definition) is 1. The normalized spacial score (nSPS) is 11.0. The molecular formula is C10H13NO2S. The molecule has 1 rings (SSSR count). The molecule has 0 aliphatic rings. The molecule has 0 atom stereocenters. The van der Waals surface area contributed by atoms with E-state index in [-0.39, 0.29) is 10.7 Å². The quantitative estimate of drug-likeness (QED) is 0.612. The van der Waals surface area contributed by atoms with Crippen molar-refractivity contribution in [3.8, 4) is 0 Å². The van der Waals surface area contributed by atoms with Crippen molar-refractivity contribution >= 4 is 17.1 Å². The molecule has 76 valence electrons. The fourth-order valence-electron chi connectivity index (χ4n) is 1.21. The highest BCUT2D eigenvalue weighted by Crippen LogP contribution is 2.12. The van der Waals surface area contributed by atoms with E-state index in [2.05, 4.69) is 4.98 Å². The molecule has 3 nitrogen and oxygen atoms in total. The number of carbonyl (C=O) groups is 1. The summed E-state index contributed by atoms with van der Waals surface area (Å²) < 4.78 is 0. The van der Waals surface area contributed by atoms with Crippen molar-refractivity contribution in [2.45, 2.75) is 26.7 Å². The molecule has 0 radical (unpaired) electrons. The van der Waals surface area contributed by atoms with Gasteiger partial charge in [-0.1, -0.05) is 30.8 Å². The second-order valence-corrected chi connectivity index (χ2v) is 3.92. The van der Waals surface area contributed by atoms with Crippen LogP contribution in [0.2, 0.25) is 0 Å². The fraction of sp³-hybridized carbons (Fsp3) is 0.400. The van der Waals surface area contributed by atoms with Gasteiger partial charge < -0.3 is 4.98 Å². The summed E-state index contributed by atoms with van der Waals surface area (Å²) in [6, 6.07) is 0. The average Bonchev–Trinajstić information content (AvgIpc) is 2.48. The van der Waals surface area contributed by atoms with E-state index in [1.807, 2.05) is 6.92 Å². The Hall–Kier alpha value is -1.16. The third-order valence-corrected chi connectivity index (χ3v) is 2.70. The van der Waals surface area contributed by atoms with Gasteiger partial charge in [0, 0.05) is 5.69 Å². The number of aromatic amines is 1. The molecule has 0 saturated heterocycles. The third kappa shape index (κ3) is 2.42. The largest absolute Gasteiger partial charge is 0.316 e. The van der Waals surface area contributed by atoms with E-state index < -0.39 is 0 Å². The van der Waals surface area contributed by atoms with Gasteiger partial charge in [-0.3, -0.25) is 9.59 Å². The molecule has 0 aromatic carbocycles. The van der Waals surface area contributed by atoms with Crippen LogP contribution in [0.3, 0.4) is 0 Å². The number of thiazole rings is 1. The second-order valence-electron chi connectivity index (χ2n) is 2.94. The fourth-order valence-corrected chi connectivity index (χ4v) is 2.02. The van der Waals surface area contributed by atoms with E-state index in [1.165, 1.54) is 6.08 Å². The molecule has 0 fully saturated rings. The van der Waals surface area contributed by atoms with Gasteiger partial charge >= 0.3 is 4.87 Å². The molecule has 0 aliphatic carbocycles. The highest BCUT2D eigenvalue weighted by molar-refractivity contribution is 7.11. The molecule has 0 saturated carbocycles. The first-order chi connectivity index (χ1) is 6.69. The minimum atomic E-state index is -0.152. The number of ketones is 1. The number of nitrogens with one attached hydrogen (secondary N) is 1. The van der Waals surface area contributed by atoms with Crippen LogP contribution in [0.1, 0.15) is 35.6 Å². The zero-order valence-corrected chi connectivity index (χ0v) is 9.11. The highest BCUT2D eigenvalue weighted by atomic mass is 32.1. The Bertz CT molecular complexity index is 400. The SMILES string of the molecule is C/C=C/C(=O)c1sc(=O)[nH]c1CCC. The Labute approximate surface area is 86.5 Å². The van der Waals surface area contributed by atoms with Crippen LogP contribution in [-0.4, -0.2) is 10.8 Å². The van der Waals surface area contributed by atoms with Crippen molar-refractivity contribution in [1.29, 1.82) is 0 Å². The Kier molecular flexibility index (Phi) is 3.83. The van der Waals surface area contributed by atoms with Crippen molar-refractivity contribution in [3.63, 3.8) is 0 Å². The van der Waals surface area contributed by atoms with Crippen molar-refractivity contribution in [3.05, 3.63) is 32.4 Å². The van der Waals surface area contributed by atoms with Crippen molar-refractivity contribution in [2.75, 3.05) is 0 Å². The number of aryl methyl sites for hydroxylation is 1. The first-order valence-electron chi connectivity index (χ1n) is 4.58. The molecule has 14 heavy (non-hydrogen) atoms. The third-order valence-electron chi connectivity index (χ3n) is 1.76. The Morgan fingerprint density at radius 1 is 1.57 bits per heavy atom. The molecule has 0 spiro atoms. The Morgan fingerprint density at radius 2 is 2.29 bits per heavy atom. The van der Waals surface area contributed by atoms with Crippen LogP contribution < -0.4 is 4.87 Å². The summed E-state index contributed by atoms with van der Waals surface area (Å²) in [5, 5.41) is 0. The van der Waals surface area contributed by atoms with Gasteiger partial charge in [0.1, 0.15) is 0 Å². The van der Waals surface area contributed by atoms with Crippen LogP contribution >= 0.6 is 11.3 Å². The lowest BCUT2D eigenvalue weighted by Crippen LogP contribution is -1.98. The van der Waals surface area contributed by atoms with E-state index in [0.29, 0.717) is 4.88 Å². The minimum Gasteiger partial charge on any atom is -0.316 e. The van der Waals surface area contributed by atoms with Crippen LogP contribution in [-0.2, 0) is 6.42 Å². The molecule has 1 heterocycles. The van der Waals surface area contributed by atoms with E-state index in [0.717, 1.165) is 29.9 Å². The molecule has 0 bridgehead atoms. The smallest absolute Gasteiger partial charge is 0.305 e. The first kappa shape index (κ1) is 10.9. The molecule has 0 aliphatic heterocycles. The summed E-state index contributed by atoms with van der Waals surface area (Å²) in [5.74, 6) is -0.0840. The molecule has 1 N–H and O–H groups in total. The average molecular weight is 211 g/mol. The molecule has 0 amide bonds. The molecule has 4 heteroatoms. The summed E-state index contributed by atoms with van der Waals surface area (Å²) in [7, 11) is 0. The maximum Gasteiger partial charge on any atom is 0.305 e. The van der Waals surface area contributed by atoms with Gasteiger partial charge in [-0.15, -0.1) is 0 Å². The monoisotopic (exact) mass is 211 g/mol. The van der Waals surface area contributed by atoms with Gasteiger partial charge in [-0.2, -0.15) is 0 Å². The van der Waals surface area contributed by atoms with Crippen LogP contribution in [0, 0.1) is 0 Å². The maximum absolute atomic E-state index is 11.5. The lowest BCUT2D eigenvalue weighted by molar-refractivity contribution is 0.104. The van der Waals surface area contributed by atoms with Crippen LogP contribution in [0.15, 0.2) is 16.9 Å². The van der Waals surface area contributed by atoms with Gasteiger partial charge in [-0.05, 0) is 19.4 Å². The predicted octanol–water partition coefficient (Wildman–Crippen LogP) is 2.15. The van der Waals surface area contributed by atoms with Crippen LogP contribution in [0.4, 0.5) is 0 Å². The Balaban J connectivity index is 3.06. The summed E-state index contributed by atoms with van der Waals surface area (Å²) in [4.78, 5) is 25.7. The number of hydrogen-bond acceptors (Lipinski definition) is 3. The number of H-pyrrole nitrogens is 1. The Morgan fingerprint density at radius 3 is 2.86 bits per heavy atom. The van der Waals surface area contributed by atoms with Gasteiger partial charge in [-0.25, -0.2) is 0 Å². The molecule has 1 aromatic heterocycles. The second kappa shape index (κ2) is 4.91. The summed E-state index contributed by atoms with van der Waals surface area (Å²) >= 11 is 0.990. The van der Waals surface area contributed by atoms with Crippen molar-refractivity contribution in [2.24, 2.45) is 0 Å². The highest BCUT2D eigenvalue weighted by Gasteiger charge is 2.12. The first-order valence-corrected chi connectivity index (χ1v) is 5.39. The molecular weight excluding hydrogens is 198 g/mol. The topological polar surface area (TPSA) is 49.9 Å². The van der Waals surface area contributed by atoms with E-state index in [1.54, 1.807) is 13.0 Å². The summed E-state index contributed by atoms with van der Waals surface area (Å²) in [5.41, 5.74) is 0.769. The van der Waals surface area contributed by atoms with Crippen molar-refractivity contribution in [1.82, 2.24) is 4.98 Å². The van der Waals surface area contributed by atoms with Crippen LogP contribution in [0.5, 0.6) is 0 Å². The number of allylic oxidation sites excluding steroid dienone is 2. The zero-order valence-electron chi connectivity index (χ0n) is 8.29. The van der Waals surface area contributed by atoms with Gasteiger partial charge in [0.15, 0.2) is 5.78 Å². The van der Waals surface area contributed by atoms with Gasteiger partial charge in [0.2, 0.25) is 0 Å². The minimum absolute atomic E-state index is 0.0840. The lowest BCUT2D eigenvalue weighted by atomic mass is 10.2. The number of aromatic nitrogens is 1. The zero-order chi connectivity index (χ0) is 10.6. The predicted molar refractivity (Wildman–Crippen MR) is 58.1 cm³/mol. The molecule has 0 unspecified atom stereocenters.